The first-order valence-electron chi connectivity index (χ1n) is 29.9. The van der Waals surface area contributed by atoms with Gasteiger partial charge in [-0.3, -0.25) is 0 Å². The lowest BCUT2D eigenvalue weighted by Crippen LogP contribution is -2.34. The van der Waals surface area contributed by atoms with E-state index in [1.807, 2.05) is 12.1 Å². The van der Waals surface area contributed by atoms with Gasteiger partial charge in [-0.1, -0.05) is 69.6 Å². The Kier molecular flexibility index (Phi) is 40.3. The fourth-order valence-corrected chi connectivity index (χ4v) is 16.2. The third kappa shape index (κ3) is 31.7. The SMILES string of the molecule is C1CCNC1.Cl.N#CC1CCCN1.N#CC1CCCN1S(=O)(=O)c1ccc(Cl)nc1.N#C[C@@H]1CCCN1.N#C[C@@H]1CCCN1S(=O)(=O)c1ccc(Cl)nc1.O=S(=O)(Cl)c1ccc(Cl)nc1.O=S(=O)(Cl)c1ccc(Cl)nc1.O=S(=O)(Cl)c1ccc(Cl)nc1.O=S(=O)(c1ccc(Cl)nc1)N1CCCC1. The topological polar surface area (TPSA) is 423 Å². The van der Waals surface area contributed by atoms with E-state index in [4.69, 9.17) is 123 Å². The van der Waals surface area contributed by atoms with Crippen molar-refractivity contribution in [1.29, 1.82) is 21.0 Å². The van der Waals surface area contributed by atoms with Crippen LogP contribution in [0.1, 0.15) is 77.0 Å². The molecule has 0 amide bonds. The summed E-state index contributed by atoms with van der Waals surface area (Å²) in [5, 5.41) is 45.1. The Labute approximate surface area is 643 Å². The highest BCUT2D eigenvalue weighted by Gasteiger charge is 2.37. The van der Waals surface area contributed by atoms with E-state index >= 15 is 0 Å². The van der Waals surface area contributed by atoms with Crippen LogP contribution < -0.4 is 16.0 Å². The van der Waals surface area contributed by atoms with Crippen molar-refractivity contribution in [2.24, 2.45) is 0 Å². The van der Waals surface area contributed by atoms with Crippen molar-refractivity contribution >= 4 is 171 Å². The van der Waals surface area contributed by atoms with Crippen LogP contribution in [0.2, 0.25) is 30.9 Å². The van der Waals surface area contributed by atoms with E-state index in [0.717, 1.165) is 70.2 Å². The van der Waals surface area contributed by atoms with E-state index in [1.165, 1.54) is 130 Å². The first-order valence-corrected chi connectivity index (χ1v) is 43.4. The van der Waals surface area contributed by atoms with Crippen molar-refractivity contribution in [1.82, 2.24) is 58.8 Å². The smallest absolute Gasteiger partial charge is 0.262 e. The van der Waals surface area contributed by atoms with Crippen molar-refractivity contribution < 1.29 is 50.5 Å². The van der Waals surface area contributed by atoms with Crippen LogP contribution in [-0.4, -0.2) is 170 Å². The molecule has 4 atom stereocenters. The van der Waals surface area contributed by atoms with Gasteiger partial charge in [-0.15, -0.1) is 12.4 Å². The van der Waals surface area contributed by atoms with Gasteiger partial charge in [-0.25, -0.2) is 80.4 Å². The molecule has 6 aromatic rings. The molecule has 0 spiro atoms. The molecular weight excluding hydrogens is 1660 g/mol. The average Bonchev–Trinajstić information content (AvgIpc) is 0.890. The molecule has 3 N–H and O–H groups in total. The second kappa shape index (κ2) is 45.0. The summed E-state index contributed by atoms with van der Waals surface area (Å²) in [6, 6.07) is 24.0. The summed E-state index contributed by atoms with van der Waals surface area (Å²) in [5.74, 6) is 0. The zero-order chi connectivity index (χ0) is 75.0. The quantitative estimate of drug-likeness (QED) is 0.0894. The van der Waals surface area contributed by atoms with E-state index in [9.17, 15) is 50.5 Å². The highest BCUT2D eigenvalue weighted by molar-refractivity contribution is 8.14. The molecule has 6 aromatic heterocycles. The molecule has 44 heteroatoms. The number of sulfonamides is 3. The molecule has 0 radical (unpaired) electrons. The maximum atomic E-state index is 12.2. The van der Waals surface area contributed by atoms with Gasteiger partial charge >= 0.3 is 0 Å². The lowest BCUT2D eigenvalue weighted by Gasteiger charge is -2.18. The highest BCUT2D eigenvalue weighted by atomic mass is 35.7. The van der Waals surface area contributed by atoms with Crippen LogP contribution in [0.15, 0.2) is 139 Å². The highest BCUT2D eigenvalue weighted by Crippen LogP contribution is 2.28. The number of nitriles is 4. The van der Waals surface area contributed by atoms with Gasteiger partial charge in [-0.05, 0) is 176 Å². The molecule has 12 heterocycles. The van der Waals surface area contributed by atoms with Crippen LogP contribution in [0.5, 0.6) is 0 Å². The molecule has 6 aliphatic rings. The van der Waals surface area contributed by atoms with Gasteiger partial charge < -0.3 is 16.0 Å². The zero-order valence-electron chi connectivity index (χ0n) is 53.3. The molecule has 12 rings (SSSR count). The predicted molar refractivity (Wildman–Crippen MR) is 390 cm³/mol. The number of rotatable bonds is 9. The number of halogens is 10. The number of nitrogens with one attached hydrogen (secondary N) is 3. The lowest BCUT2D eigenvalue weighted by atomic mass is 10.2. The van der Waals surface area contributed by atoms with E-state index in [1.54, 1.807) is 0 Å². The maximum absolute atomic E-state index is 12.2. The summed E-state index contributed by atoms with van der Waals surface area (Å²) >= 11 is 33.1. The largest absolute Gasteiger partial charge is 0.317 e. The van der Waals surface area contributed by atoms with Crippen molar-refractivity contribution in [3.63, 3.8) is 0 Å². The summed E-state index contributed by atoms with van der Waals surface area (Å²) in [4.78, 5) is 22.1. The predicted octanol–water partition coefficient (Wildman–Crippen LogP) is 10.6. The normalized spacial score (nSPS) is 18.8. The van der Waals surface area contributed by atoms with E-state index in [-0.39, 0.29) is 79.6 Å². The maximum Gasteiger partial charge on any atom is 0.262 e. The van der Waals surface area contributed by atoms with E-state index in [2.05, 4.69) is 58.0 Å². The van der Waals surface area contributed by atoms with Gasteiger partial charge in [-0.2, -0.15) is 34.0 Å². The van der Waals surface area contributed by atoms with Gasteiger partial charge in [0.05, 0.1) is 36.4 Å². The Bertz CT molecular complexity index is 4170. The first-order chi connectivity index (χ1) is 47.6. The van der Waals surface area contributed by atoms with E-state index in [0.29, 0.717) is 57.0 Å². The standard InChI is InChI=1S/2C10H10ClN3O2S.C9H11ClN2O2S.3C5H3Cl2NO2S.2C5H8N2.C4H9N.ClH/c2*11-10-4-3-9(7-13-10)17(15,16)14-5-1-2-8(14)6-12;10-9-4-3-8(7-11-9)15(13,14)12-5-1-2-6-12;3*6-5-2-1-4(3-8-5)11(7,9)10;2*6-4-5-2-1-3-7-5;1-2-4-5-3-1;/h2*3-4,7-8H,1-2,5H2;3-4,7H,1-2,5-6H2;3*1-3H;2*5,7H,1-3H2;5H,1-4H2;1H/t8-;;;;;;5-;;;/m0.....0.../s1. The zero-order valence-corrected chi connectivity index (χ0v) is 65.8. The van der Waals surface area contributed by atoms with Crippen LogP contribution in [0, 0.1) is 45.3 Å². The molecule has 2 unspecified atom stereocenters. The summed E-state index contributed by atoms with van der Waals surface area (Å²) in [6.45, 7) is 6.51. The Balaban J connectivity index is 0.000000304. The minimum absolute atomic E-state index is 0. The molecule has 0 aromatic carbocycles. The summed E-state index contributed by atoms with van der Waals surface area (Å²) < 4.78 is 140. The van der Waals surface area contributed by atoms with Gasteiger partial charge in [0.1, 0.15) is 72.4 Å². The molecule has 6 fully saturated rings. The van der Waals surface area contributed by atoms with Crippen LogP contribution in [0.3, 0.4) is 0 Å². The fraction of sp³-hybridized carbons (Fsp3) is 0.414. The van der Waals surface area contributed by atoms with Crippen molar-refractivity contribution in [3.05, 3.63) is 141 Å². The third-order valence-corrected chi connectivity index (χ3v) is 25.1. The van der Waals surface area contributed by atoms with Gasteiger partial charge in [0.15, 0.2) is 0 Å². The van der Waals surface area contributed by atoms with Crippen LogP contribution in [-0.2, 0) is 57.2 Å². The minimum atomic E-state index is -3.67. The number of hydrogen-bond acceptors (Lipinski definition) is 25. The molecule has 0 saturated carbocycles. The summed E-state index contributed by atoms with van der Waals surface area (Å²) in [6.07, 6.45) is 18.7. The lowest BCUT2D eigenvalue weighted by molar-refractivity contribution is 0.436. The molecule has 0 aliphatic carbocycles. The van der Waals surface area contributed by atoms with Crippen LogP contribution >= 0.6 is 114 Å². The number of nitrogens with zero attached hydrogens (tertiary/aromatic N) is 13. The number of hydrogen-bond donors (Lipinski definition) is 3. The van der Waals surface area contributed by atoms with Gasteiger partial charge in [0.2, 0.25) is 30.1 Å². The van der Waals surface area contributed by atoms with Crippen LogP contribution in [0.4, 0.5) is 0 Å². The average molecular weight is 1730 g/mol. The molecule has 6 saturated heterocycles. The third-order valence-electron chi connectivity index (χ3n) is 14.1. The Morgan fingerprint density at radius 3 is 0.814 bits per heavy atom. The molecule has 6 aliphatic heterocycles. The van der Waals surface area contributed by atoms with Gasteiger partial charge in [0, 0.05) is 95.4 Å². The monoisotopic (exact) mass is 1720 g/mol. The van der Waals surface area contributed by atoms with Crippen molar-refractivity contribution in [2.75, 3.05) is 52.4 Å². The Hall–Kier alpha value is -4.78. The van der Waals surface area contributed by atoms with Crippen LogP contribution in [0.25, 0.3) is 0 Å². The number of aromatic nitrogens is 6. The second-order valence-electron chi connectivity index (χ2n) is 21.1. The molecule has 102 heavy (non-hydrogen) atoms. The summed E-state index contributed by atoms with van der Waals surface area (Å²) in [5.41, 5.74) is 0. The fourth-order valence-electron chi connectivity index (χ4n) is 8.94. The molecule has 556 valence electrons. The summed E-state index contributed by atoms with van der Waals surface area (Å²) in [7, 11) is -6.60. The van der Waals surface area contributed by atoms with E-state index < -0.39 is 69.3 Å². The van der Waals surface area contributed by atoms with Crippen molar-refractivity contribution in [3.8, 4) is 24.3 Å². The minimum Gasteiger partial charge on any atom is -0.317 e. The number of pyridine rings is 6. The van der Waals surface area contributed by atoms with Gasteiger partial charge in [0.25, 0.3) is 27.2 Å². The Morgan fingerprint density at radius 2 is 0.618 bits per heavy atom. The van der Waals surface area contributed by atoms with Crippen molar-refractivity contribution in [2.45, 2.75) is 131 Å². The first kappa shape index (κ1) is 91.4. The second-order valence-corrected chi connectivity index (χ2v) is 36.9. The molecular formula is C58H66Cl10N16O12S6. The molecule has 28 nitrogen and oxygen atoms in total. The Morgan fingerprint density at radius 1 is 0.343 bits per heavy atom. The molecule has 0 bridgehead atoms.